The first-order chi connectivity index (χ1) is 16.8. The van der Waals surface area contributed by atoms with E-state index in [1.807, 2.05) is 0 Å². The van der Waals surface area contributed by atoms with Crippen molar-refractivity contribution in [2.24, 2.45) is 52.1 Å². The van der Waals surface area contributed by atoms with Gasteiger partial charge in [0.2, 0.25) is 0 Å². The molecule has 6 unspecified atom stereocenters. The largest absolute Gasteiger partial charge is 0.330 e. The van der Waals surface area contributed by atoms with E-state index < -0.39 is 0 Å². The van der Waals surface area contributed by atoms with Gasteiger partial charge in [0.1, 0.15) is 0 Å². The van der Waals surface area contributed by atoms with Crippen LogP contribution in [0.25, 0.3) is 0 Å². The molecule has 4 nitrogen and oxygen atoms in total. The SMILES string of the molecule is CC1(C)C2CCC(C2)C1CCC(CCC1C2CCC(C2)C1(C)C)NCCCNCCNCCCN.Cl. The molecule has 0 aromatic heterocycles. The van der Waals surface area contributed by atoms with E-state index in [0.717, 1.165) is 80.7 Å². The molecule has 0 amide bonds. The van der Waals surface area contributed by atoms with Gasteiger partial charge in [-0.15, -0.1) is 12.4 Å². The number of hydrogen-bond donors (Lipinski definition) is 4. The van der Waals surface area contributed by atoms with E-state index in [4.69, 9.17) is 5.73 Å². The Morgan fingerprint density at radius 3 is 1.64 bits per heavy atom. The highest BCUT2D eigenvalue weighted by Crippen LogP contribution is 2.62. The van der Waals surface area contributed by atoms with Crippen LogP contribution in [-0.2, 0) is 0 Å². The maximum absolute atomic E-state index is 5.56. The van der Waals surface area contributed by atoms with Crippen LogP contribution in [0.1, 0.15) is 105 Å². The Morgan fingerprint density at radius 1 is 0.694 bits per heavy atom. The minimum atomic E-state index is 0. The van der Waals surface area contributed by atoms with Crippen molar-refractivity contribution < 1.29 is 0 Å². The average Bonchev–Trinajstić information content (AvgIpc) is 3.58. The van der Waals surface area contributed by atoms with Crippen molar-refractivity contribution in [1.29, 1.82) is 0 Å². The normalized spacial score (nSPS) is 34.2. The summed E-state index contributed by atoms with van der Waals surface area (Å²) in [6.45, 7) is 16.6. The highest BCUT2D eigenvalue weighted by molar-refractivity contribution is 5.85. The summed E-state index contributed by atoms with van der Waals surface area (Å²) in [4.78, 5) is 0. The lowest BCUT2D eigenvalue weighted by atomic mass is 9.66. The van der Waals surface area contributed by atoms with Gasteiger partial charge < -0.3 is 21.7 Å². The molecule has 0 aromatic rings. The maximum Gasteiger partial charge on any atom is 0.00767 e. The Hall–Kier alpha value is 0.130. The summed E-state index contributed by atoms with van der Waals surface area (Å²) < 4.78 is 0. The molecule has 0 heterocycles. The first kappa shape index (κ1) is 30.7. The molecule has 4 aliphatic rings. The molecule has 0 radical (unpaired) electrons. The highest BCUT2D eigenvalue weighted by atomic mass is 35.5. The van der Waals surface area contributed by atoms with Gasteiger partial charge in [0.05, 0.1) is 0 Å². The number of nitrogens with two attached hydrogens (primary N) is 1. The van der Waals surface area contributed by atoms with Crippen LogP contribution in [0.5, 0.6) is 0 Å². The molecule has 4 bridgehead atoms. The fourth-order valence-electron chi connectivity index (χ4n) is 9.43. The zero-order chi connectivity index (χ0) is 24.9. The van der Waals surface area contributed by atoms with E-state index in [1.165, 1.54) is 77.2 Å². The molecule has 6 atom stereocenters. The van der Waals surface area contributed by atoms with Crippen LogP contribution in [0.4, 0.5) is 0 Å². The Bertz CT molecular complexity index is 596. The van der Waals surface area contributed by atoms with Crippen LogP contribution in [0.15, 0.2) is 0 Å². The predicted octanol–water partition coefficient (Wildman–Crippen LogP) is 5.99. The Balaban J connectivity index is 0.00000361. The average molecular weight is 525 g/mol. The van der Waals surface area contributed by atoms with Gasteiger partial charge in [-0.3, -0.25) is 0 Å². The second kappa shape index (κ2) is 14.0. The lowest BCUT2D eigenvalue weighted by Gasteiger charge is -2.40. The number of hydrogen-bond acceptors (Lipinski definition) is 4. The third kappa shape index (κ3) is 7.20. The molecular formula is C31H61ClN4. The minimum absolute atomic E-state index is 0. The fourth-order valence-corrected chi connectivity index (χ4v) is 9.43. The van der Waals surface area contributed by atoms with Gasteiger partial charge in [-0.1, -0.05) is 27.7 Å². The Kier molecular flexibility index (Phi) is 11.9. The Morgan fingerprint density at radius 2 is 1.19 bits per heavy atom. The van der Waals surface area contributed by atoms with Crippen LogP contribution in [0.2, 0.25) is 0 Å². The van der Waals surface area contributed by atoms with Gasteiger partial charge in [0, 0.05) is 19.1 Å². The number of halogens is 1. The zero-order valence-corrected chi connectivity index (χ0v) is 25.1. The van der Waals surface area contributed by atoms with E-state index in [2.05, 4.69) is 43.6 Å². The number of nitrogens with one attached hydrogen (secondary N) is 3. The second-order valence-corrected chi connectivity index (χ2v) is 14.2. The number of fused-ring (bicyclic) bond motifs is 4. The molecule has 0 spiro atoms. The predicted molar refractivity (Wildman–Crippen MR) is 158 cm³/mol. The zero-order valence-electron chi connectivity index (χ0n) is 24.3. The van der Waals surface area contributed by atoms with E-state index in [9.17, 15) is 0 Å². The molecule has 4 rings (SSSR count). The van der Waals surface area contributed by atoms with Crippen LogP contribution < -0.4 is 21.7 Å². The standard InChI is InChI=1S/C31H60N4.ClH/c1-30(2)25-9-7-23(21-25)28(30)13-11-27(35-18-6-17-34-20-19-33-16-5-15-32)12-14-29-24-8-10-26(22-24)31(29,3)4;/h23-29,33-35H,5-22,32H2,1-4H3;1H. The van der Waals surface area contributed by atoms with Crippen molar-refractivity contribution in [2.75, 3.05) is 39.3 Å². The quantitative estimate of drug-likeness (QED) is 0.176. The van der Waals surface area contributed by atoms with Crippen molar-refractivity contribution in [1.82, 2.24) is 16.0 Å². The van der Waals surface area contributed by atoms with Crippen LogP contribution in [0, 0.1) is 46.3 Å². The molecule has 4 fully saturated rings. The minimum Gasteiger partial charge on any atom is -0.330 e. The summed E-state index contributed by atoms with van der Waals surface area (Å²) in [6.07, 6.45) is 17.1. The molecule has 212 valence electrons. The molecule has 4 aliphatic carbocycles. The van der Waals surface area contributed by atoms with E-state index in [0.29, 0.717) is 10.8 Å². The van der Waals surface area contributed by atoms with Gasteiger partial charge in [0.15, 0.2) is 0 Å². The van der Waals surface area contributed by atoms with Crippen LogP contribution >= 0.6 is 12.4 Å². The van der Waals surface area contributed by atoms with E-state index >= 15 is 0 Å². The molecule has 5 N–H and O–H groups in total. The second-order valence-electron chi connectivity index (χ2n) is 14.2. The van der Waals surface area contributed by atoms with Gasteiger partial charge in [-0.25, -0.2) is 0 Å². The summed E-state index contributed by atoms with van der Waals surface area (Å²) in [5.74, 6) is 6.02. The van der Waals surface area contributed by atoms with Gasteiger partial charge in [-0.2, -0.15) is 0 Å². The lowest BCUT2D eigenvalue weighted by molar-refractivity contribution is 0.0996. The topological polar surface area (TPSA) is 62.1 Å². The first-order valence-corrected chi connectivity index (χ1v) is 15.7. The van der Waals surface area contributed by atoms with E-state index in [-0.39, 0.29) is 12.4 Å². The van der Waals surface area contributed by atoms with Gasteiger partial charge in [-0.05, 0) is 150 Å². The summed E-state index contributed by atoms with van der Waals surface area (Å²) in [5.41, 5.74) is 6.73. The van der Waals surface area contributed by atoms with Crippen molar-refractivity contribution in [2.45, 2.75) is 111 Å². The smallest absolute Gasteiger partial charge is 0.00767 e. The molecule has 0 saturated heterocycles. The van der Waals surface area contributed by atoms with Crippen molar-refractivity contribution in [3.8, 4) is 0 Å². The monoisotopic (exact) mass is 524 g/mol. The van der Waals surface area contributed by atoms with Crippen molar-refractivity contribution in [3.05, 3.63) is 0 Å². The summed E-state index contributed by atoms with van der Waals surface area (Å²) in [5, 5.41) is 11.1. The summed E-state index contributed by atoms with van der Waals surface area (Å²) >= 11 is 0. The lowest BCUT2D eigenvalue weighted by Crippen LogP contribution is -2.37. The van der Waals surface area contributed by atoms with Crippen LogP contribution in [-0.4, -0.2) is 45.3 Å². The van der Waals surface area contributed by atoms with Crippen molar-refractivity contribution in [3.63, 3.8) is 0 Å². The highest BCUT2D eigenvalue weighted by Gasteiger charge is 2.53. The molecule has 4 saturated carbocycles. The third-order valence-corrected chi connectivity index (χ3v) is 11.8. The summed E-state index contributed by atoms with van der Waals surface area (Å²) in [7, 11) is 0. The number of rotatable bonds is 17. The Labute approximate surface area is 230 Å². The maximum atomic E-state index is 5.56. The first-order valence-electron chi connectivity index (χ1n) is 15.7. The molecule has 5 heteroatoms. The molecule has 0 aromatic carbocycles. The fraction of sp³-hybridized carbons (Fsp3) is 1.00. The van der Waals surface area contributed by atoms with E-state index in [1.54, 1.807) is 0 Å². The third-order valence-electron chi connectivity index (χ3n) is 11.8. The molecule has 0 aliphatic heterocycles. The van der Waals surface area contributed by atoms with Crippen LogP contribution in [0.3, 0.4) is 0 Å². The molecular weight excluding hydrogens is 464 g/mol. The molecule has 36 heavy (non-hydrogen) atoms. The van der Waals surface area contributed by atoms with Gasteiger partial charge >= 0.3 is 0 Å². The summed E-state index contributed by atoms with van der Waals surface area (Å²) in [6, 6.07) is 0.720. The van der Waals surface area contributed by atoms with Crippen molar-refractivity contribution >= 4 is 12.4 Å². The van der Waals surface area contributed by atoms with Gasteiger partial charge in [0.25, 0.3) is 0 Å².